The third-order valence-electron chi connectivity index (χ3n) is 9.74. The van der Waals surface area contributed by atoms with Crippen LogP contribution in [0.5, 0.6) is 0 Å². The second kappa shape index (κ2) is 12.0. The molecule has 3 heterocycles. The Balaban J connectivity index is 1.30. The van der Waals surface area contributed by atoms with Crippen molar-refractivity contribution in [3.63, 3.8) is 0 Å². The maximum Gasteiger partial charge on any atom is 0.145 e. The van der Waals surface area contributed by atoms with Gasteiger partial charge in [-0.3, -0.25) is 9.13 Å². The maximum atomic E-state index is 5.32. The molecule has 0 saturated carbocycles. The third-order valence-corrected chi connectivity index (χ3v) is 9.74. The number of para-hydroxylation sites is 8. The van der Waals surface area contributed by atoms with Crippen LogP contribution >= 0.6 is 0 Å². The van der Waals surface area contributed by atoms with Gasteiger partial charge in [-0.05, 0) is 85.3 Å². The van der Waals surface area contributed by atoms with Crippen LogP contribution in [0.4, 0.5) is 0 Å². The van der Waals surface area contributed by atoms with Crippen LogP contribution in [0.25, 0.3) is 78.6 Å². The summed E-state index contributed by atoms with van der Waals surface area (Å²) in [6, 6.07) is 53.0. The molecule has 242 valence electrons. The molecule has 10 rings (SSSR count). The average Bonchev–Trinajstić information content (AvgIpc) is 3.91. The van der Waals surface area contributed by atoms with E-state index < -0.39 is 0 Å². The Labute approximate surface area is 294 Å². The molecule has 0 aliphatic heterocycles. The molecule has 1 unspecified atom stereocenters. The van der Waals surface area contributed by atoms with E-state index >= 15 is 0 Å². The molecule has 0 fully saturated rings. The molecule has 0 saturated heterocycles. The molecule has 6 heteroatoms. The van der Waals surface area contributed by atoms with Gasteiger partial charge >= 0.3 is 0 Å². The normalized spacial score (nSPS) is 14.2. The van der Waals surface area contributed by atoms with E-state index in [9.17, 15) is 0 Å². The maximum absolute atomic E-state index is 5.32. The number of allylic oxidation sites excluding steroid dienone is 4. The molecule has 6 aromatic carbocycles. The molecule has 0 N–H and O–H groups in total. The first-order valence-electron chi connectivity index (χ1n) is 17.3. The predicted octanol–water partition coefficient (Wildman–Crippen LogP) is 10.8. The summed E-state index contributed by atoms with van der Waals surface area (Å²) in [5.41, 5.74) is 11.1. The molecule has 1 aliphatic rings. The summed E-state index contributed by atoms with van der Waals surface area (Å²) in [7, 11) is 0. The Hall–Kier alpha value is -6.79. The highest BCUT2D eigenvalue weighted by Gasteiger charge is 2.24. The standard InChI is InChI=1S/C45H32N6/c1-4-16-34(17-5-1)49-40-25-13-10-22-37(40)46-43(49)31-28-32(44-47-38-23-11-14-26-41(38)50(44)35-18-6-2-7-19-35)30-33(29-31)45-48-39-24-12-15-27-42(39)51(45)36-20-8-3-9-21-36/h1-20,22-30,36H,21H2. The van der Waals surface area contributed by atoms with E-state index in [0.717, 1.165) is 85.1 Å². The summed E-state index contributed by atoms with van der Waals surface area (Å²) in [6.07, 6.45) is 9.65. The Morgan fingerprint density at radius 1 is 0.431 bits per heavy atom. The second-order valence-corrected chi connectivity index (χ2v) is 12.9. The number of hydrogen-bond donors (Lipinski definition) is 0. The number of benzene rings is 6. The first-order chi connectivity index (χ1) is 25.3. The summed E-state index contributed by atoms with van der Waals surface area (Å²) in [4.78, 5) is 15.9. The summed E-state index contributed by atoms with van der Waals surface area (Å²) in [5.74, 6) is 2.63. The molecule has 6 nitrogen and oxygen atoms in total. The number of aromatic nitrogens is 6. The minimum absolute atomic E-state index is 0.132. The van der Waals surface area contributed by atoms with Crippen LogP contribution in [0.1, 0.15) is 12.5 Å². The second-order valence-electron chi connectivity index (χ2n) is 12.9. The van der Waals surface area contributed by atoms with Crippen molar-refractivity contribution in [3.8, 4) is 45.5 Å². The number of fused-ring (bicyclic) bond motifs is 3. The van der Waals surface area contributed by atoms with Gasteiger partial charge in [0.25, 0.3) is 0 Å². The van der Waals surface area contributed by atoms with E-state index in [1.165, 1.54) is 0 Å². The van der Waals surface area contributed by atoms with Crippen LogP contribution in [0, 0.1) is 0 Å². The lowest BCUT2D eigenvalue weighted by atomic mass is 10.0. The summed E-state index contributed by atoms with van der Waals surface area (Å²) in [5, 5.41) is 0. The minimum Gasteiger partial charge on any atom is -0.317 e. The van der Waals surface area contributed by atoms with E-state index in [4.69, 9.17) is 15.0 Å². The van der Waals surface area contributed by atoms with Crippen LogP contribution < -0.4 is 0 Å². The van der Waals surface area contributed by atoms with Crippen molar-refractivity contribution in [2.75, 3.05) is 0 Å². The van der Waals surface area contributed by atoms with Gasteiger partial charge < -0.3 is 4.57 Å². The lowest BCUT2D eigenvalue weighted by Crippen LogP contribution is -2.09. The van der Waals surface area contributed by atoms with E-state index in [-0.39, 0.29) is 6.04 Å². The molecule has 3 aromatic heterocycles. The first kappa shape index (κ1) is 29.2. The lowest BCUT2D eigenvalue weighted by molar-refractivity contribution is 0.631. The summed E-state index contributed by atoms with van der Waals surface area (Å²) < 4.78 is 6.91. The largest absolute Gasteiger partial charge is 0.317 e. The summed E-state index contributed by atoms with van der Waals surface area (Å²) in [6.45, 7) is 0. The SMILES string of the molecule is C1=CCC(n2c(-c3cc(-c4nc5ccccc5n4-c4ccccc4)cc(-c4nc5ccccc5n4-c4ccccc4)c3)nc3ccccc32)C=C1. The topological polar surface area (TPSA) is 53.5 Å². The third kappa shape index (κ3) is 4.91. The average molecular weight is 657 g/mol. The van der Waals surface area contributed by atoms with Crippen molar-refractivity contribution in [1.29, 1.82) is 0 Å². The van der Waals surface area contributed by atoms with Gasteiger partial charge in [-0.1, -0.05) is 97.1 Å². The minimum atomic E-state index is 0.132. The monoisotopic (exact) mass is 656 g/mol. The quantitative estimate of drug-likeness (QED) is 0.179. The van der Waals surface area contributed by atoms with E-state index in [0.29, 0.717) is 0 Å². The van der Waals surface area contributed by atoms with Crippen LogP contribution in [-0.4, -0.2) is 28.7 Å². The fraction of sp³-hybridized carbons (Fsp3) is 0.0444. The molecule has 0 bridgehead atoms. The van der Waals surface area contributed by atoms with E-state index in [2.05, 4.69) is 178 Å². The van der Waals surface area contributed by atoms with E-state index in [1.807, 2.05) is 12.1 Å². The van der Waals surface area contributed by atoms with Gasteiger partial charge in [0.1, 0.15) is 17.5 Å². The molecule has 1 aliphatic carbocycles. The van der Waals surface area contributed by atoms with Crippen molar-refractivity contribution >= 4 is 33.1 Å². The van der Waals surface area contributed by atoms with Crippen molar-refractivity contribution in [2.24, 2.45) is 0 Å². The molecular formula is C45H32N6. The zero-order valence-electron chi connectivity index (χ0n) is 27.7. The van der Waals surface area contributed by atoms with Crippen LogP contribution in [0.2, 0.25) is 0 Å². The fourth-order valence-electron chi connectivity index (χ4n) is 7.47. The van der Waals surface area contributed by atoms with Crippen molar-refractivity contribution in [2.45, 2.75) is 12.5 Å². The molecule has 51 heavy (non-hydrogen) atoms. The smallest absolute Gasteiger partial charge is 0.145 e. The van der Waals surface area contributed by atoms with Crippen molar-refractivity contribution in [3.05, 3.63) is 176 Å². The van der Waals surface area contributed by atoms with Crippen LogP contribution in [0.3, 0.4) is 0 Å². The predicted molar refractivity (Wildman–Crippen MR) is 207 cm³/mol. The van der Waals surface area contributed by atoms with Crippen molar-refractivity contribution in [1.82, 2.24) is 28.7 Å². The zero-order chi connectivity index (χ0) is 33.7. The van der Waals surface area contributed by atoms with Gasteiger partial charge in [0.15, 0.2) is 0 Å². The molecular weight excluding hydrogens is 625 g/mol. The highest BCUT2D eigenvalue weighted by Crippen LogP contribution is 2.39. The Bertz CT molecular complexity index is 2650. The molecule has 0 radical (unpaired) electrons. The molecule has 1 atom stereocenters. The van der Waals surface area contributed by atoms with Gasteiger partial charge in [0, 0.05) is 28.1 Å². The molecule has 0 amide bonds. The summed E-state index contributed by atoms with van der Waals surface area (Å²) >= 11 is 0. The van der Waals surface area contributed by atoms with Crippen LogP contribution in [-0.2, 0) is 0 Å². The number of rotatable bonds is 6. The molecule has 0 spiro atoms. The Kier molecular flexibility index (Phi) is 6.84. The number of imidazole rings is 3. The van der Waals surface area contributed by atoms with Gasteiger partial charge in [-0.15, -0.1) is 0 Å². The van der Waals surface area contributed by atoms with Crippen molar-refractivity contribution < 1.29 is 0 Å². The Morgan fingerprint density at radius 2 is 0.863 bits per heavy atom. The van der Waals surface area contributed by atoms with Gasteiger partial charge in [0.2, 0.25) is 0 Å². The number of hydrogen-bond acceptors (Lipinski definition) is 3. The zero-order valence-corrected chi connectivity index (χ0v) is 27.7. The van der Waals surface area contributed by atoms with Gasteiger partial charge in [-0.25, -0.2) is 15.0 Å². The van der Waals surface area contributed by atoms with Gasteiger partial charge in [0.05, 0.1) is 39.1 Å². The highest BCUT2D eigenvalue weighted by molar-refractivity contribution is 5.89. The molecule has 9 aromatic rings. The van der Waals surface area contributed by atoms with Crippen LogP contribution in [0.15, 0.2) is 176 Å². The lowest BCUT2D eigenvalue weighted by Gasteiger charge is -2.20. The van der Waals surface area contributed by atoms with E-state index in [1.54, 1.807) is 0 Å². The Morgan fingerprint density at radius 3 is 1.37 bits per heavy atom. The fourth-order valence-corrected chi connectivity index (χ4v) is 7.47. The first-order valence-corrected chi connectivity index (χ1v) is 17.3. The van der Waals surface area contributed by atoms with Gasteiger partial charge in [-0.2, -0.15) is 0 Å². The number of nitrogens with zero attached hydrogens (tertiary/aromatic N) is 6. The highest BCUT2D eigenvalue weighted by atomic mass is 15.1.